The third-order valence-corrected chi connectivity index (χ3v) is 7.71. The van der Waals surface area contributed by atoms with Gasteiger partial charge in [-0.15, -0.1) is 0 Å². The molecule has 0 unspecified atom stereocenters. The van der Waals surface area contributed by atoms with Crippen molar-refractivity contribution in [1.82, 2.24) is 14.8 Å². The minimum absolute atomic E-state index is 0.0778. The van der Waals surface area contributed by atoms with Gasteiger partial charge in [0.15, 0.2) is 5.78 Å². The third-order valence-electron chi connectivity index (χ3n) is 7.71. The average Bonchev–Trinajstić information content (AvgIpc) is 3.47. The summed E-state index contributed by atoms with van der Waals surface area (Å²) >= 11 is 0. The molecule has 1 saturated carbocycles. The van der Waals surface area contributed by atoms with Gasteiger partial charge < -0.3 is 5.11 Å². The number of nitrogens with zero attached hydrogens (tertiary/aromatic N) is 4. The smallest absolute Gasteiger partial charge is 0.163 e. The van der Waals surface area contributed by atoms with Crippen LogP contribution >= 0.6 is 0 Å². The molecule has 6 nitrogen and oxygen atoms in total. The van der Waals surface area contributed by atoms with E-state index in [0.29, 0.717) is 36.9 Å². The van der Waals surface area contributed by atoms with Crippen LogP contribution in [0.5, 0.6) is 0 Å². The number of aryl methyl sites for hydroxylation is 1. The number of fused-ring (bicyclic) bond motifs is 2. The Kier molecular flexibility index (Phi) is 5.95. The van der Waals surface area contributed by atoms with Crippen molar-refractivity contribution in [2.24, 2.45) is 10.9 Å². The fraction of sp³-hybridized carbons (Fsp3) is 0.333. The first-order valence-electron chi connectivity index (χ1n) is 12.8. The number of benzene rings is 2. The number of aliphatic hydroxyl groups is 1. The number of Topliss-reactive ketones (excluding diaryl/α,β-unsaturated/α-hetero) is 1. The first kappa shape index (κ1) is 23.7. The molecule has 2 aromatic heterocycles. The van der Waals surface area contributed by atoms with Crippen molar-refractivity contribution in [3.63, 3.8) is 0 Å². The molecule has 0 spiro atoms. The van der Waals surface area contributed by atoms with Gasteiger partial charge in [-0.1, -0.05) is 18.6 Å². The summed E-state index contributed by atoms with van der Waals surface area (Å²) in [6.45, 7) is 2.86. The molecule has 2 aromatic carbocycles. The van der Waals surface area contributed by atoms with Gasteiger partial charge in [-0.2, -0.15) is 5.10 Å². The summed E-state index contributed by atoms with van der Waals surface area (Å²) < 4.78 is 15.5. The number of rotatable bonds is 6. The molecule has 1 aliphatic carbocycles. The normalized spacial score (nSPS) is 21.2. The van der Waals surface area contributed by atoms with E-state index >= 15 is 0 Å². The van der Waals surface area contributed by atoms with E-state index in [1.165, 1.54) is 12.1 Å². The fourth-order valence-corrected chi connectivity index (χ4v) is 5.90. The van der Waals surface area contributed by atoms with E-state index in [1.807, 2.05) is 37.3 Å². The summed E-state index contributed by atoms with van der Waals surface area (Å²) in [7, 11) is 0. The van der Waals surface area contributed by atoms with Crippen molar-refractivity contribution < 1.29 is 14.3 Å². The van der Waals surface area contributed by atoms with Gasteiger partial charge in [-0.3, -0.25) is 19.5 Å². The predicted molar refractivity (Wildman–Crippen MR) is 140 cm³/mol. The molecule has 6 rings (SSSR count). The lowest BCUT2D eigenvalue weighted by molar-refractivity contribution is -0.0317. The van der Waals surface area contributed by atoms with Crippen LogP contribution in [0.1, 0.15) is 64.8 Å². The zero-order valence-electron chi connectivity index (χ0n) is 20.8. The highest BCUT2D eigenvalue weighted by Crippen LogP contribution is 2.37. The zero-order chi connectivity index (χ0) is 25.6. The average molecular weight is 497 g/mol. The minimum atomic E-state index is -0.981. The van der Waals surface area contributed by atoms with Crippen LogP contribution in [0.4, 0.5) is 4.39 Å². The first-order valence-corrected chi connectivity index (χ1v) is 12.8. The van der Waals surface area contributed by atoms with E-state index in [1.54, 1.807) is 23.1 Å². The monoisotopic (exact) mass is 496 g/mol. The fourth-order valence-electron chi connectivity index (χ4n) is 5.90. The number of hydrogen-bond donors (Lipinski definition) is 1. The maximum Gasteiger partial charge on any atom is 0.163 e. The molecule has 4 aromatic rings. The summed E-state index contributed by atoms with van der Waals surface area (Å²) in [6, 6.07) is 14.4. The molecule has 7 heteroatoms. The second-order valence-electron chi connectivity index (χ2n) is 10.5. The van der Waals surface area contributed by atoms with Gasteiger partial charge in [0, 0.05) is 40.4 Å². The van der Waals surface area contributed by atoms with Crippen molar-refractivity contribution in [1.29, 1.82) is 0 Å². The number of carbonyl (C=O) groups is 1. The van der Waals surface area contributed by atoms with Crippen molar-refractivity contribution in [2.75, 3.05) is 0 Å². The Hall–Kier alpha value is -3.71. The van der Waals surface area contributed by atoms with E-state index < -0.39 is 5.60 Å². The van der Waals surface area contributed by atoms with E-state index in [0.717, 1.165) is 46.3 Å². The molecule has 37 heavy (non-hydrogen) atoms. The van der Waals surface area contributed by atoms with Crippen LogP contribution in [0.25, 0.3) is 10.9 Å². The van der Waals surface area contributed by atoms with Crippen LogP contribution < -0.4 is 0 Å². The van der Waals surface area contributed by atoms with E-state index in [4.69, 9.17) is 4.99 Å². The number of halogens is 1. The van der Waals surface area contributed by atoms with Crippen LogP contribution in [0, 0.1) is 18.7 Å². The molecule has 0 bridgehead atoms. The zero-order valence-corrected chi connectivity index (χ0v) is 20.8. The molecule has 1 aliphatic heterocycles. The van der Waals surface area contributed by atoms with E-state index in [-0.39, 0.29) is 24.1 Å². The maximum absolute atomic E-state index is 13.8. The lowest BCUT2D eigenvalue weighted by Gasteiger charge is -2.36. The number of carbonyl (C=O) groups excluding carboxylic acids is 1. The number of ketones is 1. The molecule has 3 heterocycles. The van der Waals surface area contributed by atoms with Crippen LogP contribution in [0.15, 0.2) is 65.9 Å². The molecule has 0 saturated heterocycles. The molecule has 0 amide bonds. The van der Waals surface area contributed by atoms with Gasteiger partial charge >= 0.3 is 0 Å². The van der Waals surface area contributed by atoms with Crippen molar-refractivity contribution in [3.05, 3.63) is 94.7 Å². The van der Waals surface area contributed by atoms with Crippen molar-refractivity contribution in [3.8, 4) is 0 Å². The van der Waals surface area contributed by atoms with Gasteiger partial charge in [-0.05, 0) is 74.1 Å². The number of aliphatic imine (C=N–C) groups is 1. The highest BCUT2D eigenvalue weighted by atomic mass is 19.1. The van der Waals surface area contributed by atoms with Gasteiger partial charge in [0.25, 0.3) is 0 Å². The van der Waals surface area contributed by atoms with Gasteiger partial charge in [0.2, 0.25) is 0 Å². The SMILES string of the molecule is Cc1cc(C2=NCc3ccc(C(=O)C[C@H]4CCC[C@@](O)(Cn5ncc6ccc(F)cc65)C4)cc32)ccn1. The first-order chi connectivity index (χ1) is 17.9. The Morgan fingerprint density at radius 1 is 1.19 bits per heavy atom. The molecule has 2 atom stereocenters. The third kappa shape index (κ3) is 4.71. The lowest BCUT2D eigenvalue weighted by atomic mass is 9.75. The van der Waals surface area contributed by atoms with Crippen LogP contribution in [0.2, 0.25) is 0 Å². The van der Waals surface area contributed by atoms with Crippen molar-refractivity contribution >= 4 is 22.4 Å². The Labute approximate surface area is 214 Å². The topological polar surface area (TPSA) is 80.4 Å². The standard InChI is InChI=1S/C30H29FN4O2/c1-19-11-22(8-10-32-19)29-26-13-21(4-5-23(26)16-33-29)28(36)12-20-3-2-9-30(37,15-20)18-35-27-14-25(31)7-6-24(27)17-34-35/h4-8,10-11,13-14,17,20,37H,2-3,9,12,15-16,18H2,1H3/t20-,30+/m1/s1. The highest BCUT2D eigenvalue weighted by molar-refractivity contribution is 6.16. The molecule has 1 N–H and O–H groups in total. The van der Waals surface area contributed by atoms with Crippen LogP contribution in [-0.2, 0) is 13.1 Å². The predicted octanol–water partition coefficient (Wildman–Crippen LogP) is 5.42. The molecule has 2 aliphatic rings. The molecule has 1 fully saturated rings. The Bertz CT molecular complexity index is 1540. The summed E-state index contributed by atoms with van der Waals surface area (Å²) in [5.41, 5.74) is 5.35. The maximum atomic E-state index is 13.8. The van der Waals surface area contributed by atoms with Crippen LogP contribution in [-0.4, -0.2) is 37.0 Å². The molecular weight excluding hydrogens is 467 g/mol. The summed E-state index contributed by atoms with van der Waals surface area (Å²) in [6.07, 6.45) is 6.76. The van der Waals surface area contributed by atoms with Crippen molar-refractivity contribution in [2.45, 2.75) is 57.7 Å². The van der Waals surface area contributed by atoms with Gasteiger partial charge in [0.1, 0.15) is 5.82 Å². The van der Waals surface area contributed by atoms with Gasteiger partial charge in [0.05, 0.1) is 36.1 Å². The van der Waals surface area contributed by atoms with E-state index in [9.17, 15) is 14.3 Å². The highest BCUT2D eigenvalue weighted by Gasteiger charge is 2.36. The Balaban J connectivity index is 1.17. The summed E-state index contributed by atoms with van der Waals surface area (Å²) in [5, 5.41) is 16.7. The molecular formula is C30H29FN4O2. The number of hydrogen-bond acceptors (Lipinski definition) is 5. The Morgan fingerprint density at radius 2 is 2.08 bits per heavy atom. The lowest BCUT2D eigenvalue weighted by Crippen LogP contribution is -2.40. The number of aromatic nitrogens is 3. The quantitative estimate of drug-likeness (QED) is 0.361. The molecule has 188 valence electrons. The number of pyridine rings is 1. The summed E-state index contributed by atoms with van der Waals surface area (Å²) in [4.78, 5) is 22.4. The second-order valence-corrected chi connectivity index (χ2v) is 10.5. The molecule has 0 radical (unpaired) electrons. The summed E-state index contributed by atoms with van der Waals surface area (Å²) in [5.74, 6) is -0.162. The Morgan fingerprint density at radius 3 is 2.95 bits per heavy atom. The largest absolute Gasteiger partial charge is 0.388 e. The van der Waals surface area contributed by atoms with Crippen LogP contribution in [0.3, 0.4) is 0 Å². The minimum Gasteiger partial charge on any atom is -0.388 e. The van der Waals surface area contributed by atoms with E-state index in [2.05, 4.69) is 10.1 Å². The second kappa shape index (κ2) is 9.30. The van der Waals surface area contributed by atoms with Gasteiger partial charge in [-0.25, -0.2) is 4.39 Å².